The number of aromatic nitrogens is 1. The second-order valence-electron chi connectivity index (χ2n) is 4.42. The lowest BCUT2D eigenvalue weighted by Gasteiger charge is -2.14. The molecule has 0 aliphatic carbocycles. The van der Waals surface area contributed by atoms with Crippen molar-refractivity contribution >= 4 is 11.6 Å². The lowest BCUT2D eigenvalue weighted by atomic mass is 10.1. The van der Waals surface area contributed by atoms with Gasteiger partial charge in [-0.3, -0.25) is 0 Å². The molecular weight excluding hydrogens is 252 g/mol. The highest BCUT2D eigenvalue weighted by molar-refractivity contribution is 5.46. The summed E-state index contributed by atoms with van der Waals surface area (Å²) < 4.78 is 32.0. The van der Waals surface area contributed by atoms with E-state index in [2.05, 4.69) is 10.3 Å². The number of pyridine rings is 1. The molecule has 0 saturated carbocycles. The van der Waals surface area contributed by atoms with Crippen molar-refractivity contribution in [2.24, 2.45) is 0 Å². The highest BCUT2D eigenvalue weighted by Gasteiger charge is 2.16. The number of nitrogen functional groups attached to an aromatic ring is 1. The first-order chi connectivity index (χ1) is 8.88. The van der Waals surface area contributed by atoms with Gasteiger partial charge in [-0.05, 0) is 26.8 Å². The number of nitrogens with two attached hydrogens (primary N) is 1. The maximum Gasteiger partial charge on any atom is 0.168 e. The summed E-state index contributed by atoms with van der Waals surface area (Å²) in [5.41, 5.74) is 6.22. The molecule has 0 fully saturated rings. The Morgan fingerprint density at radius 1 is 1.26 bits per heavy atom. The maximum atomic E-state index is 13.6. The van der Waals surface area contributed by atoms with Crippen LogP contribution >= 0.6 is 0 Å². The monoisotopic (exact) mass is 267 g/mol. The molecule has 1 unspecified atom stereocenters. The van der Waals surface area contributed by atoms with Gasteiger partial charge in [0.25, 0.3) is 0 Å². The Morgan fingerprint density at radius 2 is 1.95 bits per heavy atom. The van der Waals surface area contributed by atoms with E-state index in [0.717, 1.165) is 17.1 Å². The van der Waals surface area contributed by atoms with Gasteiger partial charge in [0.15, 0.2) is 23.3 Å². The van der Waals surface area contributed by atoms with Crippen molar-refractivity contribution in [3.8, 4) is 0 Å². The number of aryl methyl sites for hydroxylation is 2. The molecule has 0 radical (unpaired) electrons. The zero-order valence-corrected chi connectivity index (χ0v) is 10.9. The summed E-state index contributed by atoms with van der Waals surface area (Å²) in [5, 5.41) is 2.86. The van der Waals surface area contributed by atoms with Crippen LogP contribution in [-0.2, 0) is 0 Å². The fraction of sp³-hybridized carbons (Fsp3) is 0.308. The molecule has 2 aromatic rings. The second-order valence-corrected chi connectivity index (χ2v) is 4.42. The minimum absolute atomic E-state index is 0.0790. The van der Waals surface area contributed by atoms with Crippen LogP contribution in [0.25, 0.3) is 0 Å². The van der Waals surface area contributed by atoms with Crippen molar-refractivity contribution < 1.29 is 13.2 Å². The van der Waals surface area contributed by atoms with Gasteiger partial charge in [0.1, 0.15) is 11.5 Å². The molecule has 0 aromatic carbocycles. The van der Waals surface area contributed by atoms with E-state index in [1.807, 2.05) is 26.8 Å². The molecule has 2 heterocycles. The van der Waals surface area contributed by atoms with Crippen LogP contribution < -0.4 is 11.1 Å². The van der Waals surface area contributed by atoms with Crippen LogP contribution in [0.3, 0.4) is 0 Å². The molecule has 0 aliphatic heterocycles. The number of furan rings is 1. The quantitative estimate of drug-likeness (QED) is 0.895. The highest BCUT2D eigenvalue weighted by atomic mass is 19.1. The van der Waals surface area contributed by atoms with Gasteiger partial charge in [-0.15, -0.1) is 0 Å². The smallest absolute Gasteiger partial charge is 0.168 e. The molecule has 1 atom stereocenters. The number of nitrogens with one attached hydrogen (secondary N) is 1. The van der Waals surface area contributed by atoms with Crippen molar-refractivity contribution in [2.45, 2.75) is 26.8 Å². The van der Waals surface area contributed by atoms with E-state index in [0.29, 0.717) is 6.07 Å². The predicted octanol–water partition coefficient (Wildman–Crippen LogP) is 3.32. The number of hydrogen-bond donors (Lipinski definition) is 2. The third-order valence-electron chi connectivity index (χ3n) is 2.86. The van der Waals surface area contributed by atoms with Crippen molar-refractivity contribution in [1.82, 2.24) is 4.98 Å². The number of hydrogen-bond acceptors (Lipinski definition) is 4. The van der Waals surface area contributed by atoms with E-state index < -0.39 is 11.6 Å². The van der Waals surface area contributed by atoms with Crippen LogP contribution in [-0.4, -0.2) is 4.98 Å². The number of nitrogens with zero attached hydrogens (tertiary/aromatic N) is 1. The average molecular weight is 267 g/mol. The van der Waals surface area contributed by atoms with Gasteiger partial charge >= 0.3 is 0 Å². The van der Waals surface area contributed by atoms with Crippen LogP contribution in [0.4, 0.5) is 20.4 Å². The Morgan fingerprint density at radius 3 is 2.53 bits per heavy atom. The molecule has 0 saturated heterocycles. The van der Waals surface area contributed by atoms with Crippen molar-refractivity contribution in [2.75, 3.05) is 11.1 Å². The maximum absolute atomic E-state index is 13.6. The van der Waals surface area contributed by atoms with Crippen molar-refractivity contribution in [3.63, 3.8) is 0 Å². The average Bonchev–Trinajstić information content (AvgIpc) is 2.65. The fourth-order valence-electron chi connectivity index (χ4n) is 1.95. The Bertz CT molecular complexity index is 610. The van der Waals surface area contributed by atoms with Crippen molar-refractivity contribution in [3.05, 3.63) is 40.9 Å². The second kappa shape index (κ2) is 4.87. The van der Waals surface area contributed by atoms with Crippen molar-refractivity contribution in [1.29, 1.82) is 0 Å². The topological polar surface area (TPSA) is 64.1 Å². The zero-order valence-electron chi connectivity index (χ0n) is 10.9. The Balaban J connectivity index is 2.26. The van der Waals surface area contributed by atoms with Gasteiger partial charge in [-0.2, -0.15) is 0 Å². The molecule has 0 spiro atoms. The first-order valence-electron chi connectivity index (χ1n) is 5.83. The molecule has 0 aliphatic rings. The van der Waals surface area contributed by atoms with E-state index in [4.69, 9.17) is 10.2 Å². The minimum atomic E-state index is -0.869. The van der Waals surface area contributed by atoms with E-state index in [-0.39, 0.29) is 17.7 Å². The molecule has 4 nitrogen and oxygen atoms in total. The van der Waals surface area contributed by atoms with Crippen LogP contribution in [0, 0.1) is 25.5 Å². The Labute approximate surface area is 109 Å². The van der Waals surface area contributed by atoms with Gasteiger partial charge in [-0.1, -0.05) is 0 Å². The van der Waals surface area contributed by atoms with Crippen LogP contribution in [0.5, 0.6) is 0 Å². The third-order valence-corrected chi connectivity index (χ3v) is 2.86. The molecular formula is C13H15F2N3O. The van der Waals surface area contributed by atoms with Crippen LogP contribution in [0.15, 0.2) is 16.5 Å². The summed E-state index contributed by atoms with van der Waals surface area (Å²) in [4.78, 5) is 3.66. The summed E-state index contributed by atoms with van der Waals surface area (Å²) in [6, 6.07) is 2.34. The van der Waals surface area contributed by atoms with Gasteiger partial charge in [0.05, 0.1) is 6.04 Å². The minimum Gasteiger partial charge on any atom is -0.466 e. The molecule has 0 amide bonds. The Hall–Kier alpha value is -2.11. The first-order valence-corrected chi connectivity index (χ1v) is 5.83. The zero-order chi connectivity index (χ0) is 14.2. The fourth-order valence-corrected chi connectivity index (χ4v) is 1.95. The molecule has 0 bridgehead atoms. The molecule has 102 valence electrons. The molecule has 3 N–H and O–H groups in total. The first kappa shape index (κ1) is 13.3. The van der Waals surface area contributed by atoms with E-state index >= 15 is 0 Å². The summed E-state index contributed by atoms with van der Waals surface area (Å²) in [7, 11) is 0. The van der Waals surface area contributed by atoms with Gasteiger partial charge < -0.3 is 15.5 Å². The largest absolute Gasteiger partial charge is 0.466 e. The van der Waals surface area contributed by atoms with E-state index in [1.54, 1.807) is 0 Å². The third kappa shape index (κ3) is 2.67. The van der Waals surface area contributed by atoms with Gasteiger partial charge in [0, 0.05) is 11.6 Å². The lowest BCUT2D eigenvalue weighted by molar-refractivity contribution is 0.499. The normalized spacial score (nSPS) is 12.5. The Kier molecular flexibility index (Phi) is 3.42. The summed E-state index contributed by atoms with van der Waals surface area (Å²) in [5.74, 6) is -0.551. The number of rotatable bonds is 3. The summed E-state index contributed by atoms with van der Waals surface area (Å²) in [6.07, 6.45) is 0. The van der Waals surface area contributed by atoms with E-state index in [1.165, 1.54) is 0 Å². The lowest BCUT2D eigenvalue weighted by Crippen LogP contribution is -2.11. The van der Waals surface area contributed by atoms with Gasteiger partial charge in [0.2, 0.25) is 0 Å². The highest BCUT2D eigenvalue weighted by Crippen LogP contribution is 2.26. The molecule has 2 aromatic heterocycles. The molecule has 19 heavy (non-hydrogen) atoms. The summed E-state index contributed by atoms with van der Waals surface area (Å²) in [6.45, 7) is 5.49. The number of halogens is 2. The van der Waals surface area contributed by atoms with E-state index in [9.17, 15) is 8.78 Å². The van der Waals surface area contributed by atoms with Crippen LogP contribution in [0.1, 0.15) is 30.0 Å². The SMILES string of the molecule is Cc1cc(C(C)Nc2nc(N)c(F)cc2F)c(C)o1. The standard InChI is InChI=1S/C13H15F2N3O/c1-6-4-9(8(3)19-6)7(2)17-13-11(15)5-10(14)12(16)18-13/h4-5,7H,1-3H3,(H3,16,17,18). The predicted molar refractivity (Wildman–Crippen MR) is 68.8 cm³/mol. The molecule has 6 heteroatoms. The number of anilines is 2. The van der Waals surface area contributed by atoms with Gasteiger partial charge in [-0.25, -0.2) is 13.8 Å². The summed E-state index contributed by atoms with van der Waals surface area (Å²) >= 11 is 0. The van der Waals surface area contributed by atoms with Crippen LogP contribution in [0.2, 0.25) is 0 Å². The molecule has 2 rings (SSSR count).